The van der Waals surface area contributed by atoms with Crippen molar-refractivity contribution in [3.05, 3.63) is 65.9 Å². The van der Waals surface area contributed by atoms with Gasteiger partial charge in [0.2, 0.25) is 0 Å². The fourth-order valence-corrected chi connectivity index (χ4v) is 3.64. The van der Waals surface area contributed by atoms with Crippen LogP contribution >= 0.6 is 11.3 Å². The van der Waals surface area contributed by atoms with Crippen LogP contribution in [0.15, 0.2) is 60.1 Å². The van der Waals surface area contributed by atoms with Crippen LogP contribution in [0.2, 0.25) is 0 Å². The second-order valence-corrected chi connectivity index (χ2v) is 6.82. The van der Waals surface area contributed by atoms with E-state index in [1.165, 1.54) is 0 Å². The molecule has 0 saturated heterocycles. The van der Waals surface area contributed by atoms with E-state index in [2.05, 4.69) is 9.97 Å². The first kappa shape index (κ1) is 17.2. The van der Waals surface area contributed by atoms with Crippen LogP contribution < -0.4 is 4.74 Å². The number of aromatic nitrogens is 3. The quantitative estimate of drug-likeness (QED) is 0.546. The maximum atomic E-state index is 10.5. The van der Waals surface area contributed by atoms with E-state index in [0.29, 0.717) is 22.8 Å². The van der Waals surface area contributed by atoms with E-state index in [-0.39, 0.29) is 5.75 Å². The molecule has 0 bridgehead atoms. The SMILES string of the molecule is COc1ccc(-c2nc(C)ncc2-c2csc(-c3ccccc3)n2)c(O)c1. The zero-order chi connectivity index (χ0) is 18.8. The second-order valence-electron chi connectivity index (χ2n) is 5.97. The average molecular weight is 375 g/mol. The molecule has 2 aromatic carbocycles. The molecule has 27 heavy (non-hydrogen) atoms. The highest BCUT2D eigenvalue weighted by atomic mass is 32.1. The third kappa shape index (κ3) is 3.39. The molecule has 0 fully saturated rings. The van der Waals surface area contributed by atoms with Gasteiger partial charge in [0.1, 0.15) is 22.3 Å². The molecule has 2 heterocycles. The van der Waals surface area contributed by atoms with Crippen LogP contribution in [0.3, 0.4) is 0 Å². The van der Waals surface area contributed by atoms with Gasteiger partial charge in [-0.3, -0.25) is 0 Å². The topological polar surface area (TPSA) is 68.1 Å². The Bertz CT molecular complexity index is 1090. The van der Waals surface area contributed by atoms with E-state index in [4.69, 9.17) is 9.72 Å². The van der Waals surface area contributed by atoms with Crippen LogP contribution in [-0.2, 0) is 0 Å². The van der Waals surface area contributed by atoms with Gasteiger partial charge in [-0.1, -0.05) is 30.3 Å². The van der Waals surface area contributed by atoms with E-state index in [1.807, 2.05) is 42.6 Å². The highest BCUT2D eigenvalue weighted by Gasteiger charge is 2.17. The zero-order valence-corrected chi connectivity index (χ0v) is 15.7. The maximum Gasteiger partial charge on any atom is 0.128 e. The molecule has 0 aliphatic heterocycles. The Hall–Kier alpha value is -3.25. The summed E-state index contributed by atoms with van der Waals surface area (Å²) in [5, 5.41) is 13.4. The van der Waals surface area contributed by atoms with Gasteiger partial charge in [-0.2, -0.15) is 0 Å². The standard InChI is InChI=1S/C21H17N3O2S/c1-13-22-11-17(18-12-27-21(24-18)14-6-4-3-5-7-14)20(23-13)16-9-8-15(26-2)10-19(16)25/h3-12,25H,1-2H3. The highest BCUT2D eigenvalue weighted by Crippen LogP contribution is 2.38. The van der Waals surface area contributed by atoms with Crippen molar-refractivity contribution in [1.82, 2.24) is 15.0 Å². The van der Waals surface area contributed by atoms with Gasteiger partial charge in [-0.25, -0.2) is 15.0 Å². The summed E-state index contributed by atoms with van der Waals surface area (Å²) >= 11 is 1.57. The first-order valence-corrected chi connectivity index (χ1v) is 9.26. The number of nitrogens with zero attached hydrogens (tertiary/aromatic N) is 3. The molecule has 4 rings (SSSR count). The van der Waals surface area contributed by atoms with Crippen molar-refractivity contribution in [2.24, 2.45) is 0 Å². The molecular formula is C21H17N3O2S. The van der Waals surface area contributed by atoms with Gasteiger partial charge in [-0.05, 0) is 19.1 Å². The van der Waals surface area contributed by atoms with Crippen LogP contribution in [0.1, 0.15) is 5.82 Å². The number of hydrogen-bond donors (Lipinski definition) is 1. The Morgan fingerprint density at radius 2 is 1.81 bits per heavy atom. The first-order chi connectivity index (χ1) is 13.2. The summed E-state index contributed by atoms with van der Waals surface area (Å²) in [7, 11) is 1.56. The van der Waals surface area contributed by atoms with Gasteiger partial charge < -0.3 is 9.84 Å². The van der Waals surface area contributed by atoms with Gasteiger partial charge in [-0.15, -0.1) is 11.3 Å². The number of phenols is 1. The number of phenolic OH excluding ortho intramolecular Hbond substituents is 1. The minimum absolute atomic E-state index is 0.104. The summed E-state index contributed by atoms with van der Waals surface area (Å²) < 4.78 is 5.17. The van der Waals surface area contributed by atoms with Crippen molar-refractivity contribution in [2.45, 2.75) is 6.92 Å². The molecule has 0 unspecified atom stereocenters. The van der Waals surface area contributed by atoms with Gasteiger partial charge >= 0.3 is 0 Å². The minimum Gasteiger partial charge on any atom is -0.507 e. The fraction of sp³-hybridized carbons (Fsp3) is 0.0952. The Morgan fingerprint density at radius 3 is 2.56 bits per heavy atom. The van der Waals surface area contributed by atoms with Crippen molar-refractivity contribution in [3.8, 4) is 44.6 Å². The number of benzene rings is 2. The molecule has 0 spiro atoms. The van der Waals surface area contributed by atoms with E-state index in [1.54, 1.807) is 42.8 Å². The molecule has 0 aliphatic rings. The van der Waals surface area contributed by atoms with Crippen LogP contribution in [0.4, 0.5) is 0 Å². The summed E-state index contributed by atoms with van der Waals surface area (Å²) in [6.45, 7) is 1.82. The molecule has 6 heteroatoms. The third-order valence-electron chi connectivity index (χ3n) is 4.17. The molecule has 0 radical (unpaired) electrons. The molecule has 134 valence electrons. The fourth-order valence-electron chi connectivity index (χ4n) is 2.81. The molecule has 0 amide bonds. The Morgan fingerprint density at radius 1 is 1.00 bits per heavy atom. The van der Waals surface area contributed by atoms with Crippen molar-refractivity contribution < 1.29 is 9.84 Å². The summed E-state index contributed by atoms with van der Waals surface area (Å²) in [6.07, 6.45) is 1.76. The molecule has 0 saturated carbocycles. The van der Waals surface area contributed by atoms with E-state index in [9.17, 15) is 5.11 Å². The van der Waals surface area contributed by atoms with Gasteiger partial charge in [0, 0.05) is 34.3 Å². The predicted octanol–water partition coefficient (Wildman–Crippen LogP) is 4.96. The lowest BCUT2D eigenvalue weighted by atomic mass is 10.0. The molecule has 0 aliphatic carbocycles. The lowest BCUT2D eigenvalue weighted by Gasteiger charge is -2.10. The smallest absolute Gasteiger partial charge is 0.128 e. The normalized spacial score (nSPS) is 10.7. The van der Waals surface area contributed by atoms with Crippen LogP contribution in [0.25, 0.3) is 33.1 Å². The lowest BCUT2D eigenvalue weighted by molar-refractivity contribution is 0.408. The maximum absolute atomic E-state index is 10.5. The van der Waals surface area contributed by atoms with Gasteiger partial charge in [0.05, 0.1) is 18.5 Å². The first-order valence-electron chi connectivity index (χ1n) is 8.38. The third-order valence-corrected chi connectivity index (χ3v) is 5.06. The molecule has 4 aromatic rings. The van der Waals surface area contributed by atoms with Gasteiger partial charge in [0.25, 0.3) is 0 Å². The summed E-state index contributed by atoms with van der Waals surface area (Å²) in [5.74, 6) is 1.32. The number of thiazole rings is 1. The number of methoxy groups -OCH3 is 1. The predicted molar refractivity (Wildman–Crippen MR) is 107 cm³/mol. The van der Waals surface area contributed by atoms with E-state index in [0.717, 1.165) is 21.8 Å². The molecule has 2 aromatic heterocycles. The Labute approximate surface area is 161 Å². The largest absolute Gasteiger partial charge is 0.507 e. The summed E-state index contributed by atoms with van der Waals surface area (Å²) in [6, 6.07) is 15.2. The minimum atomic E-state index is 0.104. The summed E-state index contributed by atoms with van der Waals surface area (Å²) in [5.41, 5.74) is 3.89. The van der Waals surface area contributed by atoms with Crippen LogP contribution in [0, 0.1) is 6.92 Å². The lowest BCUT2D eigenvalue weighted by Crippen LogP contribution is -1.96. The van der Waals surface area contributed by atoms with Gasteiger partial charge in [0.15, 0.2) is 0 Å². The van der Waals surface area contributed by atoms with E-state index < -0.39 is 0 Å². The zero-order valence-electron chi connectivity index (χ0n) is 14.9. The molecular weight excluding hydrogens is 358 g/mol. The van der Waals surface area contributed by atoms with Crippen molar-refractivity contribution in [2.75, 3.05) is 7.11 Å². The second kappa shape index (κ2) is 7.17. The number of hydrogen-bond acceptors (Lipinski definition) is 6. The number of rotatable bonds is 4. The molecule has 0 atom stereocenters. The Kier molecular flexibility index (Phi) is 4.56. The van der Waals surface area contributed by atoms with Crippen LogP contribution in [-0.4, -0.2) is 27.2 Å². The number of aromatic hydroxyl groups is 1. The van der Waals surface area contributed by atoms with Crippen molar-refractivity contribution in [3.63, 3.8) is 0 Å². The average Bonchev–Trinajstić information content (AvgIpc) is 3.18. The summed E-state index contributed by atoms with van der Waals surface area (Å²) in [4.78, 5) is 13.7. The van der Waals surface area contributed by atoms with Crippen molar-refractivity contribution >= 4 is 11.3 Å². The van der Waals surface area contributed by atoms with E-state index >= 15 is 0 Å². The van der Waals surface area contributed by atoms with Crippen LogP contribution in [0.5, 0.6) is 11.5 Å². The van der Waals surface area contributed by atoms with Crippen molar-refractivity contribution in [1.29, 1.82) is 0 Å². The highest BCUT2D eigenvalue weighted by molar-refractivity contribution is 7.13. The number of aryl methyl sites for hydroxylation is 1. The molecule has 1 N–H and O–H groups in total. The number of ether oxygens (including phenoxy) is 1. The molecule has 5 nitrogen and oxygen atoms in total. The monoisotopic (exact) mass is 375 g/mol. The Balaban J connectivity index is 1.82.